The summed E-state index contributed by atoms with van der Waals surface area (Å²) in [6.07, 6.45) is 0. The van der Waals surface area contributed by atoms with Gasteiger partial charge in [-0.2, -0.15) is 0 Å². The van der Waals surface area contributed by atoms with Crippen LogP contribution in [0.4, 0.5) is 5.69 Å². The number of rotatable bonds is 2. The molecule has 0 saturated heterocycles. The number of fused-ring (bicyclic) bond motifs is 1. The quantitative estimate of drug-likeness (QED) is 0.694. The molecule has 3 aromatic rings. The Morgan fingerprint density at radius 3 is 2.76 bits per heavy atom. The van der Waals surface area contributed by atoms with Crippen molar-refractivity contribution in [2.75, 3.05) is 5.32 Å². The molecule has 6 heteroatoms. The van der Waals surface area contributed by atoms with Crippen molar-refractivity contribution in [2.45, 2.75) is 6.92 Å². The average Bonchev–Trinajstić information content (AvgIpc) is 2.85. The van der Waals surface area contributed by atoms with E-state index in [0.29, 0.717) is 16.1 Å². The summed E-state index contributed by atoms with van der Waals surface area (Å²) in [5, 5.41) is 3.64. The Balaban J connectivity index is 1.94. The Labute approximate surface area is 132 Å². The van der Waals surface area contributed by atoms with Gasteiger partial charge in [-0.1, -0.05) is 0 Å². The lowest BCUT2D eigenvalue weighted by atomic mass is 10.1. The van der Waals surface area contributed by atoms with E-state index < -0.39 is 5.63 Å². The number of carbonyl (C=O) groups excluding carboxylic acids is 1. The maximum absolute atomic E-state index is 12.1. The molecule has 1 amide bonds. The van der Waals surface area contributed by atoms with Gasteiger partial charge in [-0.05, 0) is 52.7 Å². The second-order valence-corrected chi connectivity index (χ2v) is 6.98. The van der Waals surface area contributed by atoms with Crippen LogP contribution in [0.1, 0.15) is 15.2 Å². The summed E-state index contributed by atoms with van der Waals surface area (Å²) in [5.41, 5.74) is 1.50. The number of thiophene rings is 1. The van der Waals surface area contributed by atoms with Gasteiger partial charge in [0.1, 0.15) is 5.58 Å². The van der Waals surface area contributed by atoms with Gasteiger partial charge in [0.15, 0.2) is 0 Å². The highest BCUT2D eigenvalue weighted by atomic mass is 79.9. The minimum Gasteiger partial charge on any atom is -0.423 e. The van der Waals surface area contributed by atoms with Crippen molar-refractivity contribution in [3.05, 3.63) is 61.0 Å². The van der Waals surface area contributed by atoms with Crippen molar-refractivity contribution >= 4 is 49.8 Å². The van der Waals surface area contributed by atoms with Gasteiger partial charge in [-0.25, -0.2) is 4.79 Å². The largest absolute Gasteiger partial charge is 0.423 e. The van der Waals surface area contributed by atoms with Crippen LogP contribution in [-0.2, 0) is 0 Å². The third-order valence-electron chi connectivity index (χ3n) is 3.01. The van der Waals surface area contributed by atoms with E-state index >= 15 is 0 Å². The number of hydrogen-bond donors (Lipinski definition) is 1. The molecule has 0 aliphatic carbocycles. The van der Waals surface area contributed by atoms with E-state index in [4.69, 9.17) is 4.42 Å². The van der Waals surface area contributed by atoms with Gasteiger partial charge in [0.05, 0.1) is 8.66 Å². The SMILES string of the molecule is Cc1cc(=O)oc2cc(NC(=O)c3ccc(Br)s3)ccc12. The summed E-state index contributed by atoms with van der Waals surface area (Å²) >= 11 is 4.68. The first-order chi connectivity index (χ1) is 10.0. The van der Waals surface area contributed by atoms with Gasteiger partial charge in [0.25, 0.3) is 5.91 Å². The zero-order valence-electron chi connectivity index (χ0n) is 11.0. The molecule has 0 aliphatic rings. The Hall–Kier alpha value is -1.92. The average molecular weight is 364 g/mol. The van der Waals surface area contributed by atoms with Gasteiger partial charge >= 0.3 is 5.63 Å². The third-order valence-corrected chi connectivity index (χ3v) is 4.63. The highest BCUT2D eigenvalue weighted by molar-refractivity contribution is 9.11. The lowest BCUT2D eigenvalue weighted by Crippen LogP contribution is -2.10. The van der Waals surface area contributed by atoms with Crippen LogP contribution in [0.3, 0.4) is 0 Å². The smallest absolute Gasteiger partial charge is 0.336 e. The van der Waals surface area contributed by atoms with Crippen LogP contribution < -0.4 is 10.9 Å². The summed E-state index contributed by atoms with van der Waals surface area (Å²) in [6.45, 7) is 1.85. The molecule has 3 rings (SSSR count). The first kappa shape index (κ1) is 14.0. The predicted molar refractivity (Wildman–Crippen MR) is 87.2 cm³/mol. The number of halogens is 1. The Morgan fingerprint density at radius 2 is 2.05 bits per heavy atom. The lowest BCUT2D eigenvalue weighted by molar-refractivity contribution is 0.103. The molecule has 0 bridgehead atoms. The van der Waals surface area contributed by atoms with Crippen LogP contribution in [-0.4, -0.2) is 5.91 Å². The molecular formula is C15H10BrNO3S. The fourth-order valence-electron chi connectivity index (χ4n) is 2.03. The second-order valence-electron chi connectivity index (χ2n) is 4.52. The highest BCUT2D eigenvalue weighted by Crippen LogP contribution is 2.24. The standard InChI is InChI=1S/C15H10BrNO3S/c1-8-6-14(18)20-11-7-9(2-3-10(8)11)17-15(19)12-4-5-13(16)21-12/h2-7H,1H3,(H,17,19). The van der Waals surface area contributed by atoms with Crippen LogP contribution in [0.5, 0.6) is 0 Å². The maximum Gasteiger partial charge on any atom is 0.336 e. The summed E-state index contributed by atoms with van der Waals surface area (Å²) in [4.78, 5) is 24.1. The highest BCUT2D eigenvalue weighted by Gasteiger charge is 2.10. The monoisotopic (exact) mass is 363 g/mol. The lowest BCUT2D eigenvalue weighted by Gasteiger charge is -2.05. The number of amides is 1. The normalized spacial score (nSPS) is 10.8. The molecule has 4 nitrogen and oxygen atoms in total. The number of hydrogen-bond acceptors (Lipinski definition) is 4. The van der Waals surface area contributed by atoms with Crippen molar-refractivity contribution in [2.24, 2.45) is 0 Å². The van der Waals surface area contributed by atoms with Crippen molar-refractivity contribution < 1.29 is 9.21 Å². The molecule has 0 aliphatic heterocycles. The van der Waals surface area contributed by atoms with Crippen LogP contribution >= 0.6 is 27.3 Å². The van der Waals surface area contributed by atoms with Crippen molar-refractivity contribution in [1.29, 1.82) is 0 Å². The molecule has 0 saturated carbocycles. The van der Waals surface area contributed by atoms with Gasteiger partial charge in [0.2, 0.25) is 0 Å². The third kappa shape index (κ3) is 2.91. The van der Waals surface area contributed by atoms with E-state index in [1.54, 1.807) is 18.2 Å². The number of anilines is 1. The van der Waals surface area contributed by atoms with Crippen molar-refractivity contribution in [1.82, 2.24) is 0 Å². The minimum absolute atomic E-state index is 0.194. The van der Waals surface area contributed by atoms with Gasteiger partial charge in [0, 0.05) is 23.2 Å². The van der Waals surface area contributed by atoms with E-state index in [1.165, 1.54) is 17.4 Å². The number of aryl methyl sites for hydroxylation is 1. The molecule has 0 spiro atoms. The molecule has 0 radical (unpaired) electrons. The number of nitrogens with one attached hydrogen (secondary N) is 1. The zero-order valence-corrected chi connectivity index (χ0v) is 13.4. The van der Waals surface area contributed by atoms with Gasteiger partial charge in [-0.3, -0.25) is 4.79 Å². The molecule has 106 valence electrons. The molecule has 21 heavy (non-hydrogen) atoms. The van der Waals surface area contributed by atoms with Gasteiger partial charge in [-0.15, -0.1) is 11.3 Å². The van der Waals surface area contributed by atoms with E-state index in [9.17, 15) is 9.59 Å². The Bertz CT molecular complexity index is 897. The van der Waals surface area contributed by atoms with Crippen molar-refractivity contribution in [3.63, 3.8) is 0 Å². The first-order valence-electron chi connectivity index (χ1n) is 6.14. The molecule has 1 N–H and O–H groups in total. The van der Waals surface area contributed by atoms with Crippen LogP contribution in [0.2, 0.25) is 0 Å². The van der Waals surface area contributed by atoms with E-state index in [2.05, 4.69) is 21.2 Å². The van der Waals surface area contributed by atoms with E-state index in [1.807, 2.05) is 19.1 Å². The summed E-state index contributed by atoms with van der Waals surface area (Å²) in [6, 6.07) is 10.3. The van der Waals surface area contributed by atoms with E-state index in [0.717, 1.165) is 14.7 Å². The van der Waals surface area contributed by atoms with Crippen LogP contribution in [0.15, 0.2) is 49.4 Å². The van der Waals surface area contributed by atoms with Gasteiger partial charge < -0.3 is 9.73 Å². The topological polar surface area (TPSA) is 59.3 Å². The minimum atomic E-state index is -0.398. The molecular weight excluding hydrogens is 354 g/mol. The maximum atomic E-state index is 12.1. The summed E-state index contributed by atoms with van der Waals surface area (Å²) in [7, 11) is 0. The zero-order chi connectivity index (χ0) is 15.0. The van der Waals surface area contributed by atoms with Crippen LogP contribution in [0, 0.1) is 6.92 Å². The molecule has 1 aromatic carbocycles. The fourth-order valence-corrected chi connectivity index (χ4v) is 3.31. The number of carbonyl (C=O) groups is 1. The molecule has 0 fully saturated rings. The second kappa shape index (κ2) is 5.46. The fraction of sp³-hybridized carbons (Fsp3) is 0.0667. The van der Waals surface area contributed by atoms with Crippen molar-refractivity contribution in [3.8, 4) is 0 Å². The van der Waals surface area contributed by atoms with Crippen LogP contribution in [0.25, 0.3) is 11.0 Å². The Kier molecular flexibility index (Phi) is 3.65. The van der Waals surface area contributed by atoms with E-state index in [-0.39, 0.29) is 5.91 Å². The Morgan fingerprint density at radius 1 is 1.24 bits per heavy atom. The molecule has 2 heterocycles. The predicted octanol–water partition coefficient (Wildman–Crippen LogP) is 4.18. The summed E-state index contributed by atoms with van der Waals surface area (Å²) in [5.74, 6) is -0.194. The summed E-state index contributed by atoms with van der Waals surface area (Å²) < 4.78 is 6.06. The molecule has 0 atom stereocenters. The molecule has 0 unspecified atom stereocenters. The first-order valence-corrected chi connectivity index (χ1v) is 7.75. The molecule has 2 aromatic heterocycles. The number of benzene rings is 1.